The van der Waals surface area contributed by atoms with Gasteiger partial charge in [0.1, 0.15) is 0 Å². The zero-order valence-corrected chi connectivity index (χ0v) is 12.5. The molecule has 1 aliphatic heterocycles. The highest BCUT2D eigenvalue weighted by molar-refractivity contribution is 6.17. The molecule has 1 atom stereocenters. The molecule has 104 valence electrons. The summed E-state index contributed by atoms with van der Waals surface area (Å²) in [6.07, 6.45) is 4.25. The third-order valence-electron chi connectivity index (χ3n) is 3.92. The van der Waals surface area contributed by atoms with Gasteiger partial charge in [-0.2, -0.15) is 0 Å². The van der Waals surface area contributed by atoms with Crippen molar-refractivity contribution >= 4 is 17.5 Å². The molecule has 1 aromatic rings. The first-order chi connectivity index (χ1) is 9.13. The molecule has 3 heteroatoms. The molecule has 0 radical (unpaired) electrons. The van der Waals surface area contributed by atoms with Crippen LogP contribution in [0.2, 0.25) is 0 Å². The number of carbonyl (C=O) groups is 1. The Labute approximate surface area is 120 Å². The molecule has 1 aliphatic rings. The van der Waals surface area contributed by atoms with Crippen LogP contribution >= 0.6 is 11.6 Å². The summed E-state index contributed by atoms with van der Waals surface area (Å²) in [6.45, 7) is 4.96. The first-order valence-corrected chi connectivity index (χ1v) is 7.61. The van der Waals surface area contributed by atoms with E-state index in [4.69, 9.17) is 11.6 Å². The van der Waals surface area contributed by atoms with Gasteiger partial charge in [0.15, 0.2) is 0 Å². The van der Waals surface area contributed by atoms with Gasteiger partial charge >= 0.3 is 0 Å². The van der Waals surface area contributed by atoms with Crippen LogP contribution in [-0.4, -0.2) is 29.3 Å². The van der Waals surface area contributed by atoms with E-state index in [1.807, 2.05) is 24.0 Å². The van der Waals surface area contributed by atoms with Crippen molar-refractivity contribution in [2.75, 3.05) is 12.4 Å². The van der Waals surface area contributed by atoms with Crippen LogP contribution in [0.5, 0.6) is 0 Å². The summed E-state index contributed by atoms with van der Waals surface area (Å²) in [4.78, 5) is 14.7. The Morgan fingerprint density at radius 1 is 1.42 bits per heavy atom. The van der Waals surface area contributed by atoms with Gasteiger partial charge in [-0.3, -0.25) is 4.79 Å². The monoisotopic (exact) mass is 279 g/mol. The number of benzene rings is 1. The van der Waals surface area contributed by atoms with E-state index in [0.717, 1.165) is 43.4 Å². The zero-order valence-electron chi connectivity index (χ0n) is 11.8. The maximum absolute atomic E-state index is 12.6. The largest absolute Gasteiger partial charge is 0.336 e. The topological polar surface area (TPSA) is 20.3 Å². The molecule has 0 bridgehead atoms. The van der Waals surface area contributed by atoms with Crippen molar-refractivity contribution in [1.82, 2.24) is 4.90 Å². The fraction of sp³-hybridized carbons (Fsp3) is 0.562. The van der Waals surface area contributed by atoms with Gasteiger partial charge in [-0.1, -0.05) is 17.7 Å². The summed E-state index contributed by atoms with van der Waals surface area (Å²) < 4.78 is 0. The van der Waals surface area contributed by atoms with Gasteiger partial charge in [0.25, 0.3) is 5.91 Å². The quantitative estimate of drug-likeness (QED) is 0.765. The van der Waals surface area contributed by atoms with Crippen LogP contribution in [0, 0.1) is 13.8 Å². The number of halogens is 1. The smallest absolute Gasteiger partial charge is 0.254 e. The Kier molecular flexibility index (Phi) is 4.87. The molecule has 1 amide bonds. The van der Waals surface area contributed by atoms with E-state index in [1.165, 1.54) is 5.56 Å². The molecule has 2 nitrogen and oxygen atoms in total. The first-order valence-electron chi connectivity index (χ1n) is 7.07. The zero-order chi connectivity index (χ0) is 13.8. The highest BCUT2D eigenvalue weighted by Gasteiger charge is 2.29. The number of likely N-dealkylation sites (tertiary alicyclic amines) is 1. The third kappa shape index (κ3) is 3.30. The minimum atomic E-state index is 0.189. The predicted molar refractivity (Wildman–Crippen MR) is 79.9 cm³/mol. The van der Waals surface area contributed by atoms with Crippen LogP contribution in [-0.2, 0) is 0 Å². The molecule has 0 spiro atoms. The molecule has 0 aromatic heterocycles. The highest BCUT2D eigenvalue weighted by atomic mass is 35.5. The lowest BCUT2D eigenvalue weighted by Crippen LogP contribution is -2.36. The average molecular weight is 280 g/mol. The van der Waals surface area contributed by atoms with Gasteiger partial charge in [0.2, 0.25) is 0 Å². The van der Waals surface area contributed by atoms with Crippen LogP contribution in [0.25, 0.3) is 0 Å². The van der Waals surface area contributed by atoms with Gasteiger partial charge in [-0.25, -0.2) is 0 Å². The number of hydrogen-bond donors (Lipinski definition) is 0. The number of nitrogens with zero attached hydrogens (tertiary/aromatic N) is 1. The summed E-state index contributed by atoms with van der Waals surface area (Å²) in [5, 5.41) is 0. The molecular weight excluding hydrogens is 258 g/mol. The molecule has 19 heavy (non-hydrogen) atoms. The van der Waals surface area contributed by atoms with Gasteiger partial charge in [0, 0.05) is 24.0 Å². The number of aryl methyl sites for hydroxylation is 2. The second-order valence-electron chi connectivity index (χ2n) is 5.44. The lowest BCUT2D eigenvalue weighted by atomic mass is 10.0. The summed E-state index contributed by atoms with van der Waals surface area (Å²) in [5.41, 5.74) is 3.13. The van der Waals surface area contributed by atoms with E-state index in [9.17, 15) is 4.79 Å². The van der Waals surface area contributed by atoms with Crippen molar-refractivity contribution in [3.05, 3.63) is 34.9 Å². The number of carbonyl (C=O) groups excluding carboxylic acids is 1. The van der Waals surface area contributed by atoms with Gasteiger partial charge in [0.05, 0.1) is 0 Å². The molecule has 0 saturated carbocycles. The maximum Gasteiger partial charge on any atom is 0.254 e. The molecular formula is C16H22ClNO. The van der Waals surface area contributed by atoms with Crippen molar-refractivity contribution in [3.8, 4) is 0 Å². The van der Waals surface area contributed by atoms with Crippen molar-refractivity contribution < 1.29 is 4.79 Å². The van der Waals surface area contributed by atoms with Crippen LogP contribution in [0.3, 0.4) is 0 Å². The van der Waals surface area contributed by atoms with E-state index < -0.39 is 0 Å². The average Bonchev–Trinajstić information content (AvgIpc) is 2.83. The van der Waals surface area contributed by atoms with Crippen LogP contribution in [0.1, 0.15) is 47.2 Å². The van der Waals surface area contributed by atoms with E-state index in [1.54, 1.807) is 0 Å². The van der Waals surface area contributed by atoms with Gasteiger partial charge < -0.3 is 4.90 Å². The maximum atomic E-state index is 12.6. The van der Waals surface area contributed by atoms with Crippen LogP contribution in [0.4, 0.5) is 0 Å². The third-order valence-corrected chi connectivity index (χ3v) is 4.19. The number of hydrogen-bond acceptors (Lipinski definition) is 1. The summed E-state index contributed by atoms with van der Waals surface area (Å²) in [6, 6.07) is 6.44. The normalized spacial score (nSPS) is 18.9. The van der Waals surface area contributed by atoms with Crippen LogP contribution < -0.4 is 0 Å². The summed E-state index contributed by atoms with van der Waals surface area (Å²) in [7, 11) is 0. The van der Waals surface area contributed by atoms with Gasteiger partial charge in [-0.05, 0) is 51.2 Å². The van der Waals surface area contributed by atoms with Crippen molar-refractivity contribution in [3.63, 3.8) is 0 Å². The Morgan fingerprint density at radius 3 is 2.89 bits per heavy atom. The molecule has 1 saturated heterocycles. The number of rotatable bonds is 4. The lowest BCUT2D eigenvalue weighted by Gasteiger charge is -2.25. The van der Waals surface area contributed by atoms with E-state index in [0.29, 0.717) is 11.9 Å². The second-order valence-corrected chi connectivity index (χ2v) is 5.82. The highest BCUT2D eigenvalue weighted by Crippen LogP contribution is 2.25. The Bertz CT molecular complexity index is 458. The molecule has 2 rings (SSSR count). The Hall–Kier alpha value is -1.02. The summed E-state index contributed by atoms with van der Waals surface area (Å²) >= 11 is 5.76. The fourth-order valence-electron chi connectivity index (χ4n) is 2.92. The fourth-order valence-corrected chi connectivity index (χ4v) is 3.08. The van der Waals surface area contributed by atoms with Crippen molar-refractivity contribution in [2.45, 2.75) is 45.6 Å². The second kappa shape index (κ2) is 6.42. The Balaban J connectivity index is 2.13. The number of alkyl halides is 1. The Morgan fingerprint density at radius 2 is 2.21 bits per heavy atom. The SMILES string of the molecule is Cc1ccc(C(=O)N2CCCC2CCCCl)c(C)c1. The van der Waals surface area contributed by atoms with Crippen molar-refractivity contribution in [1.29, 1.82) is 0 Å². The molecule has 1 heterocycles. The van der Waals surface area contributed by atoms with E-state index in [-0.39, 0.29) is 5.91 Å². The summed E-state index contributed by atoms with van der Waals surface area (Å²) in [5.74, 6) is 0.872. The van der Waals surface area contributed by atoms with E-state index in [2.05, 4.69) is 13.0 Å². The van der Waals surface area contributed by atoms with Gasteiger partial charge in [-0.15, -0.1) is 11.6 Å². The van der Waals surface area contributed by atoms with E-state index >= 15 is 0 Å². The molecule has 0 N–H and O–H groups in total. The lowest BCUT2D eigenvalue weighted by molar-refractivity contribution is 0.0729. The molecule has 0 aliphatic carbocycles. The minimum Gasteiger partial charge on any atom is -0.336 e. The van der Waals surface area contributed by atoms with Crippen LogP contribution in [0.15, 0.2) is 18.2 Å². The van der Waals surface area contributed by atoms with Crippen molar-refractivity contribution in [2.24, 2.45) is 0 Å². The standard InChI is InChI=1S/C16H22ClNO/c1-12-7-8-15(13(2)11-12)16(19)18-10-4-6-14(18)5-3-9-17/h7-8,11,14H,3-6,9-10H2,1-2H3. The molecule has 1 aromatic carbocycles. The number of amides is 1. The molecule has 1 fully saturated rings. The first kappa shape index (κ1) is 14.4. The molecule has 1 unspecified atom stereocenters. The predicted octanol–water partition coefficient (Wildman–Crippen LogP) is 3.93. The minimum absolute atomic E-state index is 0.189.